The summed E-state index contributed by atoms with van der Waals surface area (Å²) in [6, 6.07) is 0. The fourth-order valence-corrected chi connectivity index (χ4v) is 3.82. The highest BCUT2D eigenvalue weighted by molar-refractivity contribution is 8.77. The number of ether oxygens (including phenoxy) is 1. The summed E-state index contributed by atoms with van der Waals surface area (Å²) in [5.74, 6) is -1.02. The molecule has 0 aromatic rings. The number of hydrogen-bond acceptors (Lipinski definition) is 7. The average Bonchev–Trinajstić information content (AvgIpc) is 2.32. The molecule has 134 valence electrons. The van der Waals surface area contributed by atoms with Crippen LogP contribution in [-0.2, 0) is 14.3 Å². The highest BCUT2D eigenvalue weighted by atomic mass is 33.1. The second kappa shape index (κ2) is 9.39. The Labute approximate surface area is 144 Å². The number of aliphatic hydroxyl groups is 1. The molecule has 3 N–H and O–H groups in total. The minimum atomic E-state index is -1.10. The van der Waals surface area contributed by atoms with Crippen molar-refractivity contribution in [1.82, 2.24) is 5.32 Å². The molecular formula is C14H25NO6S2. The molecule has 9 heteroatoms. The molecule has 0 rings (SSSR count). The van der Waals surface area contributed by atoms with Crippen molar-refractivity contribution < 1.29 is 29.3 Å². The van der Waals surface area contributed by atoms with Gasteiger partial charge in [0.15, 0.2) is 0 Å². The number of ketones is 1. The minimum Gasteiger partial charge on any atom is -0.481 e. The van der Waals surface area contributed by atoms with Crippen LogP contribution in [0.1, 0.15) is 47.5 Å². The van der Waals surface area contributed by atoms with Gasteiger partial charge in [-0.25, -0.2) is 4.79 Å². The van der Waals surface area contributed by atoms with Crippen molar-refractivity contribution in [2.75, 3.05) is 5.75 Å². The van der Waals surface area contributed by atoms with Gasteiger partial charge in [-0.2, -0.15) is 0 Å². The summed E-state index contributed by atoms with van der Waals surface area (Å²) in [7, 11) is 2.45. The molecule has 1 amide bonds. The highest BCUT2D eigenvalue weighted by Crippen LogP contribution is 2.37. The number of alkyl carbamates (subject to hydrolysis) is 1. The number of carboxylic acid groups (broad SMARTS) is 1. The van der Waals surface area contributed by atoms with Crippen LogP contribution in [0.2, 0.25) is 0 Å². The molecule has 0 aromatic carbocycles. The second-order valence-electron chi connectivity index (χ2n) is 6.36. The molecule has 0 radical (unpaired) electrons. The van der Waals surface area contributed by atoms with Crippen molar-refractivity contribution in [2.24, 2.45) is 0 Å². The van der Waals surface area contributed by atoms with Gasteiger partial charge >= 0.3 is 12.1 Å². The molecule has 0 aliphatic rings. The first-order valence-corrected chi connectivity index (χ1v) is 9.38. The van der Waals surface area contributed by atoms with Crippen LogP contribution in [0.25, 0.3) is 0 Å². The van der Waals surface area contributed by atoms with E-state index in [1.54, 1.807) is 34.6 Å². The van der Waals surface area contributed by atoms with E-state index in [-0.39, 0.29) is 24.4 Å². The lowest BCUT2D eigenvalue weighted by Gasteiger charge is -2.23. The summed E-state index contributed by atoms with van der Waals surface area (Å²) < 4.78 is 4.24. The zero-order valence-corrected chi connectivity index (χ0v) is 15.7. The maximum atomic E-state index is 11.9. The molecule has 0 saturated carbocycles. The molecular weight excluding hydrogens is 342 g/mol. The van der Waals surface area contributed by atoms with E-state index in [4.69, 9.17) is 9.84 Å². The molecule has 0 aliphatic carbocycles. The number of carbonyl (C=O) groups is 3. The third kappa shape index (κ3) is 11.3. The predicted octanol–water partition coefficient (Wildman–Crippen LogP) is 2.42. The Morgan fingerprint density at radius 2 is 1.70 bits per heavy atom. The molecule has 0 aromatic heterocycles. The molecule has 1 atom stereocenters. The minimum absolute atomic E-state index is 0.0331. The molecule has 0 saturated heterocycles. The van der Waals surface area contributed by atoms with E-state index in [9.17, 15) is 19.5 Å². The van der Waals surface area contributed by atoms with Gasteiger partial charge in [-0.05, 0) is 34.6 Å². The summed E-state index contributed by atoms with van der Waals surface area (Å²) in [5, 5.41) is 20.6. The normalized spacial score (nSPS) is 13.3. The summed E-state index contributed by atoms with van der Waals surface area (Å²) in [4.78, 5) is 33.9. The van der Waals surface area contributed by atoms with Crippen LogP contribution in [0.15, 0.2) is 0 Å². The van der Waals surface area contributed by atoms with Gasteiger partial charge in [-0.1, -0.05) is 21.6 Å². The standard InChI is InChI=1S/C14H25NO6S2/c1-13(2,3)21-12(20)15-10(17)8-22-23-14(4,5)9(16)6-7-11(18)19/h10,17H,6-8H2,1-5H3,(H,15,20)(H,18,19). The number of carbonyl (C=O) groups excluding carboxylic acids is 2. The molecule has 0 spiro atoms. The molecule has 23 heavy (non-hydrogen) atoms. The SMILES string of the molecule is CC(C)(C)OC(=O)NC(O)CSSC(C)(C)C(=O)CCC(=O)O. The highest BCUT2D eigenvalue weighted by Gasteiger charge is 2.29. The van der Waals surface area contributed by atoms with E-state index in [0.717, 1.165) is 0 Å². The van der Waals surface area contributed by atoms with Crippen LogP contribution in [0, 0.1) is 0 Å². The van der Waals surface area contributed by atoms with Gasteiger partial charge in [0.25, 0.3) is 0 Å². The lowest BCUT2D eigenvalue weighted by Crippen LogP contribution is -2.40. The van der Waals surface area contributed by atoms with Crippen LogP contribution >= 0.6 is 21.6 Å². The Morgan fingerprint density at radius 1 is 1.13 bits per heavy atom. The zero-order valence-electron chi connectivity index (χ0n) is 14.0. The Bertz CT molecular complexity index is 433. The van der Waals surface area contributed by atoms with Crippen molar-refractivity contribution >= 4 is 39.4 Å². The van der Waals surface area contributed by atoms with Crippen molar-refractivity contribution in [1.29, 1.82) is 0 Å². The van der Waals surface area contributed by atoms with Crippen molar-refractivity contribution in [3.63, 3.8) is 0 Å². The zero-order chi connectivity index (χ0) is 18.3. The first-order valence-electron chi connectivity index (χ1n) is 7.07. The summed E-state index contributed by atoms with van der Waals surface area (Å²) in [6.07, 6.45) is -2.05. The van der Waals surface area contributed by atoms with Crippen LogP contribution in [0.5, 0.6) is 0 Å². The maximum absolute atomic E-state index is 11.9. The predicted molar refractivity (Wildman–Crippen MR) is 91.4 cm³/mol. The van der Waals surface area contributed by atoms with E-state index in [1.165, 1.54) is 21.6 Å². The second-order valence-corrected chi connectivity index (χ2v) is 9.32. The Hall–Kier alpha value is -0.930. The number of carboxylic acids is 1. The number of aliphatic carboxylic acids is 1. The van der Waals surface area contributed by atoms with Crippen LogP contribution in [0.4, 0.5) is 4.79 Å². The topological polar surface area (TPSA) is 113 Å². The van der Waals surface area contributed by atoms with Crippen molar-refractivity contribution in [3.8, 4) is 0 Å². The first kappa shape index (κ1) is 22.1. The van der Waals surface area contributed by atoms with Crippen molar-refractivity contribution in [3.05, 3.63) is 0 Å². The monoisotopic (exact) mass is 367 g/mol. The molecule has 0 aliphatic heterocycles. The first-order chi connectivity index (χ1) is 10.3. The van der Waals surface area contributed by atoms with Crippen LogP contribution < -0.4 is 5.32 Å². The lowest BCUT2D eigenvalue weighted by molar-refractivity contribution is -0.138. The lowest BCUT2D eigenvalue weighted by atomic mass is 10.0. The van der Waals surface area contributed by atoms with Gasteiger partial charge in [-0.3, -0.25) is 14.9 Å². The van der Waals surface area contributed by atoms with Crippen LogP contribution in [-0.4, -0.2) is 50.4 Å². The quantitative estimate of drug-likeness (QED) is 0.421. The summed E-state index contributed by atoms with van der Waals surface area (Å²) in [5.41, 5.74) is -0.649. The Balaban J connectivity index is 4.14. The molecule has 7 nitrogen and oxygen atoms in total. The van der Waals surface area contributed by atoms with Gasteiger partial charge in [0.05, 0.1) is 11.2 Å². The fourth-order valence-electron chi connectivity index (χ4n) is 1.30. The number of aliphatic hydroxyl groups excluding tert-OH is 1. The van der Waals surface area contributed by atoms with E-state index in [2.05, 4.69) is 5.32 Å². The third-order valence-electron chi connectivity index (χ3n) is 2.41. The molecule has 1 unspecified atom stereocenters. The van der Waals surface area contributed by atoms with E-state index in [1.807, 2.05) is 0 Å². The number of nitrogens with one attached hydrogen (secondary N) is 1. The van der Waals surface area contributed by atoms with E-state index >= 15 is 0 Å². The van der Waals surface area contributed by atoms with Gasteiger partial charge < -0.3 is 14.9 Å². The van der Waals surface area contributed by atoms with Crippen LogP contribution in [0.3, 0.4) is 0 Å². The number of rotatable bonds is 9. The number of Topliss-reactive ketones (excluding diaryl/α,β-unsaturated/α-hetero) is 1. The summed E-state index contributed by atoms with van der Waals surface area (Å²) in [6.45, 7) is 8.55. The third-order valence-corrected chi connectivity index (χ3v) is 5.64. The smallest absolute Gasteiger partial charge is 0.409 e. The van der Waals surface area contributed by atoms with Crippen molar-refractivity contribution in [2.45, 2.75) is 64.0 Å². The number of amides is 1. The largest absolute Gasteiger partial charge is 0.481 e. The Kier molecular flexibility index (Phi) is 9.01. The maximum Gasteiger partial charge on any atom is 0.409 e. The number of hydrogen-bond donors (Lipinski definition) is 3. The summed E-state index contributed by atoms with van der Waals surface area (Å²) >= 11 is 0. The van der Waals surface area contributed by atoms with Gasteiger partial charge in [0, 0.05) is 12.2 Å². The van der Waals surface area contributed by atoms with E-state index in [0.29, 0.717) is 0 Å². The average molecular weight is 367 g/mol. The molecule has 0 bridgehead atoms. The van der Waals surface area contributed by atoms with Gasteiger partial charge in [0.1, 0.15) is 17.6 Å². The van der Waals surface area contributed by atoms with E-state index < -0.39 is 28.6 Å². The molecule has 0 heterocycles. The van der Waals surface area contributed by atoms with Gasteiger partial charge in [0.2, 0.25) is 0 Å². The fraction of sp³-hybridized carbons (Fsp3) is 0.786. The Morgan fingerprint density at radius 3 is 2.17 bits per heavy atom. The molecule has 0 fully saturated rings. The van der Waals surface area contributed by atoms with Gasteiger partial charge in [-0.15, -0.1) is 0 Å².